The van der Waals surface area contributed by atoms with Crippen LogP contribution in [0.2, 0.25) is 0 Å². The number of ether oxygens (including phenoxy) is 2. The Morgan fingerprint density at radius 1 is 1.07 bits per heavy atom. The Morgan fingerprint density at radius 3 is 2.67 bits per heavy atom. The van der Waals surface area contributed by atoms with E-state index in [-0.39, 0.29) is 18.2 Å². The maximum atomic E-state index is 12.8. The summed E-state index contributed by atoms with van der Waals surface area (Å²) < 4.78 is 44.4. The van der Waals surface area contributed by atoms with Crippen molar-refractivity contribution >= 4 is 10.0 Å². The Hall–Kier alpha value is -2.84. The second kappa shape index (κ2) is 6.71. The smallest absolute Gasteiger partial charge is 0.241 e. The highest BCUT2D eigenvalue weighted by molar-refractivity contribution is 7.89. The van der Waals surface area contributed by atoms with Gasteiger partial charge in [-0.2, -0.15) is 0 Å². The number of nitrogens with one attached hydrogen (secondary N) is 1. The van der Waals surface area contributed by atoms with Crippen LogP contribution < -0.4 is 14.2 Å². The third-order valence-electron chi connectivity index (χ3n) is 4.29. The highest BCUT2D eigenvalue weighted by Gasteiger charge is 2.19. The van der Waals surface area contributed by atoms with E-state index >= 15 is 0 Å². The first-order valence-corrected chi connectivity index (χ1v) is 9.82. The van der Waals surface area contributed by atoms with Crippen LogP contribution in [0.25, 0.3) is 11.3 Å². The molecular formula is C19H18N2O5S. The van der Waals surface area contributed by atoms with Crippen LogP contribution in [0.15, 0.2) is 51.9 Å². The van der Waals surface area contributed by atoms with E-state index in [4.69, 9.17) is 13.9 Å². The van der Waals surface area contributed by atoms with Gasteiger partial charge in [0.05, 0.1) is 11.1 Å². The fourth-order valence-corrected chi connectivity index (χ4v) is 4.13. The van der Waals surface area contributed by atoms with Gasteiger partial charge in [0.2, 0.25) is 16.8 Å². The topological polar surface area (TPSA) is 90.7 Å². The number of oxazole rings is 1. The summed E-state index contributed by atoms with van der Waals surface area (Å²) >= 11 is 0. The number of sulfonamides is 1. The van der Waals surface area contributed by atoms with E-state index in [0.717, 1.165) is 5.56 Å². The van der Waals surface area contributed by atoms with E-state index in [2.05, 4.69) is 9.71 Å². The minimum absolute atomic E-state index is 0.143. The average molecular weight is 386 g/mol. The van der Waals surface area contributed by atoms with E-state index in [1.54, 1.807) is 50.4 Å². The van der Waals surface area contributed by atoms with Crippen molar-refractivity contribution in [2.45, 2.75) is 25.3 Å². The number of benzene rings is 2. The van der Waals surface area contributed by atoms with Gasteiger partial charge in [-0.05, 0) is 36.2 Å². The maximum Gasteiger partial charge on any atom is 0.241 e. The normalized spacial score (nSPS) is 13.1. The van der Waals surface area contributed by atoms with Crippen molar-refractivity contribution < 1.29 is 22.3 Å². The molecule has 0 radical (unpaired) electrons. The Labute approximate surface area is 157 Å². The predicted octanol–water partition coefficient (Wildman–Crippen LogP) is 3.17. The van der Waals surface area contributed by atoms with Crippen molar-refractivity contribution in [2.75, 3.05) is 6.79 Å². The molecule has 0 atom stereocenters. The van der Waals surface area contributed by atoms with E-state index in [1.807, 2.05) is 6.07 Å². The molecule has 8 heteroatoms. The number of hydrogen-bond donors (Lipinski definition) is 1. The Bertz CT molecular complexity index is 1110. The Kier molecular flexibility index (Phi) is 4.37. The zero-order chi connectivity index (χ0) is 19.0. The average Bonchev–Trinajstić information content (AvgIpc) is 3.28. The lowest BCUT2D eigenvalue weighted by Gasteiger charge is -2.11. The van der Waals surface area contributed by atoms with Crippen LogP contribution in [0.4, 0.5) is 0 Å². The summed E-state index contributed by atoms with van der Waals surface area (Å²) in [5.41, 5.74) is 2.08. The van der Waals surface area contributed by atoms with Crippen molar-refractivity contribution in [3.8, 4) is 22.8 Å². The van der Waals surface area contributed by atoms with Crippen LogP contribution in [0, 0.1) is 13.8 Å². The highest BCUT2D eigenvalue weighted by Crippen LogP contribution is 2.32. The van der Waals surface area contributed by atoms with Gasteiger partial charge in [-0.1, -0.05) is 18.2 Å². The van der Waals surface area contributed by atoms with Gasteiger partial charge in [-0.25, -0.2) is 18.1 Å². The van der Waals surface area contributed by atoms with Crippen LogP contribution in [0.3, 0.4) is 0 Å². The third-order valence-corrected chi connectivity index (χ3v) is 5.83. The summed E-state index contributed by atoms with van der Waals surface area (Å²) in [5, 5.41) is 0. The van der Waals surface area contributed by atoms with Crippen LogP contribution in [0.1, 0.15) is 17.0 Å². The molecule has 0 aliphatic carbocycles. The summed E-state index contributed by atoms with van der Waals surface area (Å²) in [6.07, 6.45) is 1.58. The molecule has 0 unspecified atom stereocenters. The number of fused-ring (bicyclic) bond motifs is 1. The summed E-state index contributed by atoms with van der Waals surface area (Å²) in [6, 6.07) is 10.5. The number of rotatable bonds is 5. The van der Waals surface area contributed by atoms with Crippen molar-refractivity contribution in [1.29, 1.82) is 0 Å². The SMILES string of the molecule is Cc1ncc(-c2ccc(C)c(S(=O)(=O)NCc3ccc4c(c3)OCO4)c2)o1. The minimum atomic E-state index is -3.71. The monoisotopic (exact) mass is 386 g/mol. The molecule has 0 saturated carbocycles. The fraction of sp³-hybridized carbons (Fsp3) is 0.211. The molecule has 0 saturated heterocycles. The van der Waals surface area contributed by atoms with Gasteiger partial charge < -0.3 is 13.9 Å². The molecule has 0 spiro atoms. The highest BCUT2D eigenvalue weighted by atomic mass is 32.2. The van der Waals surface area contributed by atoms with Gasteiger partial charge >= 0.3 is 0 Å². The second-order valence-corrected chi connectivity index (χ2v) is 7.97. The molecule has 1 aliphatic rings. The molecular weight excluding hydrogens is 368 g/mol. The molecule has 1 aliphatic heterocycles. The van der Waals surface area contributed by atoms with E-state index in [0.29, 0.717) is 34.3 Å². The van der Waals surface area contributed by atoms with Crippen molar-refractivity contribution in [2.24, 2.45) is 0 Å². The Morgan fingerprint density at radius 2 is 1.89 bits per heavy atom. The number of aryl methyl sites for hydroxylation is 2. The van der Waals surface area contributed by atoms with Crippen molar-refractivity contribution in [1.82, 2.24) is 9.71 Å². The fourth-order valence-electron chi connectivity index (χ4n) is 2.84. The molecule has 140 valence electrons. The molecule has 3 aromatic rings. The zero-order valence-corrected chi connectivity index (χ0v) is 15.7. The lowest BCUT2D eigenvalue weighted by atomic mass is 10.1. The van der Waals surface area contributed by atoms with E-state index in [9.17, 15) is 8.42 Å². The second-order valence-electron chi connectivity index (χ2n) is 6.24. The molecule has 0 bridgehead atoms. The van der Waals surface area contributed by atoms with Crippen LogP contribution in [-0.2, 0) is 16.6 Å². The summed E-state index contributed by atoms with van der Waals surface area (Å²) in [5.74, 6) is 2.33. The Balaban J connectivity index is 1.58. The molecule has 27 heavy (non-hydrogen) atoms. The summed E-state index contributed by atoms with van der Waals surface area (Å²) in [4.78, 5) is 4.26. The van der Waals surface area contributed by atoms with Gasteiger partial charge in [-0.3, -0.25) is 0 Å². The van der Waals surface area contributed by atoms with E-state index < -0.39 is 10.0 Å². The summed E-state index contributed by atoms with van der Waals surface area (Å²) in [7, 11) is -3.71. The number of hydrogen-bond acceptors (Lipinski definition) is 6. The predicted molar refractivity (Wildman–Crippen MR) is 98.0 cm³/mol. The maximum absolute atomic E-state index is 12.8. The largest absolute Gasteiger partial charge is 0.454 e. The minimum Gasteiger partial charge on any atom is -0.454 e. The zero-order valence-electron chi connectivity index (χ0n) is 14.9. The summed E-state index contributed by atoms with van der Waals surface area (Å²) in [6.45, 7) is 3.81. The van der Waals surface area contributed by atoms with Gasteiger partial charge in [0.25, 0.3) is 0 Å². The quantitative estimate of drug-likeness (QED) is 0.724. The van der Waals surface area contributed by atoms with Crippen molar-refractivity contribution in [3.05, 3.63) is 59.6 Å². The molecule has 2 aromatic carbocycles. The van der Waals surface area contributed by atoms with Crippen LogP contribution >= 0.6 is 0 Å². The molecule has 4 rings (SSSR count). The molecule has 1 N–H and O–H groups in total. The lowest BCUT2D eigenvalue weighted by molar-refractivity contribution is 0.174. The van der Waals surface area contributed by atoms with Gasteiger partial charge in [0.1, 0.15) is 0 Å². The molecule has 1 aromatic heterocycles. The molecule has 0 fully saturated rings. The molecule has 0 amide bonds. The first kappa shape index (κ1) is 17.6. The van der Waals surface area contributed by atoms with Crippen LogP contribution in [-0.4, -0.2) is 20.2 Å². The van der Waals surface area contributed by atoms with Gasteiger partial charge in [-0.15, -0.1) is 0 Å². The van der Waals surface area contributed by atoms with Gasteiger partial charge in [0, 0.05) is 19.0 Å². The van der Waals surface area contributed by atoms with E-state index in [1.165, 1.54) is 0 Å². The first-order valence-electron chi connectivity index (χ1n) is 8.34. The number of nitrogens with zero attached hydrogens (tertiary/aromatic N) is 1. The first-order chi connectivity index (χ1) is 12.9. The molecule has 2 heterocycles. The standard InChI is InChI=1S/C19H18N2O5S/c1-12-3-5-15(18-10-20-13(2)26-18)8-19(12)27(22,23)21-9-14-4-6-16-17(7-14)25-11-24-16/h3-8,10,21H,9,11H2,1-2H3. The third kappa shape index (κ3) is 3.54. The van der Waals surface area contributed by atoms with Crippen LogP contribution in [0.5, 0.6) is 11.5 Å². The lowest BCUT2D eigenvalue weighted by Crippen LogP contribution is -2.24. The molecule has 7 nitrogen and oxygen atoms in total. The van der Waals surface area contributed by atoms with Gasteiger partial charge in [0.15, 0.2) is 23.1 Å². The van der Waals surface area contributed by atoms with Crippen molar-refractivity contribution in [3.63, 3.8) is 0 Å². The number of aromatic nitrogens is 1.